The molecule has 9 nitrogen and oxygen atoms in total. The fourth-order valence-corrected chi connectivity index (χ4v) is 5.07. The Morgan fingerprint density at radius 2 is 1.73 bits per heavy atom. The molecule has 0 spiro atoms. The van der Waals surface area contributed by atoms with Crippen LogP contribution in [0, 0.1) is 10.1 Å². The molecule has 0 radical (unpaired) electrons. The van der Waals surface area contributed by atoms with Crippen molar-refractivity contribution in [3.63, 3.8) is 0 Å². The number of nitro benzene ring substituents is 1. The Hall–Kier alpha value is -3.00. The molecule has 10 heteroatoms. The molecule has 0 amide bonds. The molecule has 3 aromatic rings. The van der Waals surface area contributed by atoms with Crippen molar-refractivity contribution in [3.05, 3.63) is 80.6 Å². The molecule has 1 unspecified atom stereocenters. The van der Waals surface area contributed by atoms with Crippen LogP contribution in [-0.2, 0) is 13.6 Å². The first-order valence-corrected chi connectivity index (χ1v) is 11.0. The van der Waals surface area contributed by atoms with Gasteiger partial charge >= 0.3 is 7.60 Å². The van der Waals surface area contributed by atoms with Crippen LogP contribution < -0.4 is 10.9 Å². The van der Waals surface area contributed by atoms with Crippen LogP contribution in [0.25, 0.3) is 10.9 Å². The highest BCUT2D eigenvalue weighted by Gasteiger charge is 2.39. The SMILES string of the molecule is CCOP(=O)(OCC)C(Nc1ccccc1[N+](=O)[O-])c1cc2ccccc2[nH]c1=O. The monoisotopic (exact) mass is 431 g/mol. The van der Waals surface area contributed by atoms with E-state index in [4.69, 9.17) is 9.05 Å². The first-order chi connectivity index (χ1) is 14.4. The van der Waals surface area contributed by atoms with Gasteiger partial charge in [-0.2, -0.15) is 0 Å². The topological polar surface area (TPSA) is 124 Å². The van der Waals surface area contributed by atoms with E-state index in [9.17, 15) is 19.5 Å². The van der Waals surface area contributed by atoms with E-state index in [1.807, 2.05) is 0 Å². The first kappa shape index (κ1) is 21.7. The fourth-order valence-electron chi connectivity index (χ4n) is 3.14. The third-order valence-electron chi connectivity index (χ3n) is 4.40. The molecule has 3 rings (SSSR count). The number of fused-ring (bicyclic) bond motifs is 1. The van der Waals surface area contributed by atoms with Crippen molar-refractivity contribution in [3.8, 4) is 0 Å². The first-order valence-electron chi connectivity index (χ1n) is 9.40. The molecule has 2 N–H and O–H groups in total. The molecule has 30 heavy (non-hydrogen) atoms. The smallest absolute Gasteiger partial charge is 0.357 e. The third-order valence-corrected chi connectivity index (χ3v) is 6.68. The second kappa shape index (κ2) is 9.21. The Kier molecular flexibility index (Phi) is 6.66. The summed E-state index contributed by atoms with van der Waals surface area (Å²) in [6.07, 6.45) is 0. The number of nitro groups is 1. The van der Waals surface area contributed by atoms with Crippen molar-refractivity contribution >= 4 is 29.9 Å². The number of hydrogen-bond acceptors (Lipinski definition) is 7. The maximum atomic E-state index is 13.7. The average molecular weight is 431 g/mol. The molecule has 0 saturated heterocycles. The van der Waals surface area contributed by atoms with Crippen LogP contribution in [0.1, 0.15) is 25.2 Å². The highest BCUT2D eigenvalue weighted by molar-refractivity contribution is 7.54. The van der Waals surface area contributed by atoms with E-state index in [2.05, 4.69) is 10.3 Å². The molecule has 1 aromatic heterocycles. The fraction of sp³-hybridized carbons (Fsp3) is 0.250. The van der Waals surface area contributed by atoms with Gasteiger partial charge in [-0.25, -0.2) is 0 Å². The van der Waals surface area contributed by atoms with Crippen molar-refractivity contribution in [2.24, 2.45) is 0 Å². The predicted octanol–water partition coefficient (Wildman–Crippen LogP) is 4.81. The van der Waals surface area contributed by atoms with Gasteiger partial charge in [0.05, 0.1) is 23.7 Å². The van der Waals surface area contributed by atoms with E-state index in [1.165, 1.54) is 18.2 Å². The van der Waals surface area contributed by atoms with Crippen LogP contribution in [0.15, 0.2) is 59.4 Å². The van der Waals surface area contributed by atoms with Crippen molar-refractivity contribution in [2.75, 3.05) is 18.5 Å². The second-order valence-corrected chi connectivity index (χ2v) is 8.45. The highest BCUT2D eigenvalue weighted by atomic mass is 31.2. The Labute approximate surface area is 172 Å². The summed E-state index contributed by atoms with van der Waals surface area (Å²) in [5.41, 5.74) is 0.0822. The Bertz CT molecular complexity index is 1150. The number of nitrogens with one attached hydrogen (secondary N) is 2. The number of H-pyrrole nitrogens is 1. The molecule has 1 heterocycles. The number of nitrogens with zero attached hydrogens (tertiary/aromatic N) is 1. The standard InChI is InChI=1S/C20H22N3O6P/c1-3-28-30(27,29-4-2)20(22-17-11-7-8-12-18(17)23(25)26)15-13-14-9-5-6-10-16(14)21-19(15)24/h5-13,20,22H,3-4H2,1-2H3,(H,21,24). The summed E-state index contributed by atoms with van der Waals surface area (Å²) in [5, 5.41) is 15.0. The lowest BCUT2D eigenvalue weighted by Crippen LogP contribution is -2.23. The molecule has 0 bridgehead atoms. The molecule has 0 aliphatic rings. The number of anilines is 1. The van der Waals surface area contributed by atoms with E-state index < -0.39 is 23.9 Å². The summed E-state index contributed by atoms with van der Waals surface area (Å²) in [5.74, 6) is -1.26. The van der Waals surface area contributed by atoms with Crippen LogP contribution in [0.3, 0.4) is 0 Å². The lowest BCUT2D eigenvalue weighted by molar-refractivity contribution is -0.384. The summed E-state index contributed by atoms with van der Waals surface area (Å²) >= 11 is 0. The molecule has 0 aliphatic heterocycles. The zero-order chi connectivity index (χ0) is 21.7. The number of aromatic amines is 1. The third kappa shape index (κ3) is 4.43. The largest absolute Gasteiger partial charge is 0.362 e. The van der Waals surface area contributed by atoms with Gasteiger partial charge in [0.1, 0.15) is 5.69 Å². The van der Waals surface area contributed by atoms with Gasteiger partial charge in [0.25, 0.3) is 11.2 Å². The Morgan fingerprint density at radius 3 is 2.40 bits per heavy atom. The molecule has 158 valence electrons. The summed E-state index contributed by atoms with van der Waals surface area (Å²) in [7, 11) is -3.93. The zero-order valence-corrected chi connectivity index (χ0v) is 17.4. The van der Waals surface area contributed by atoms with Crippen LogP contribution in [-0.4, -0.2) is 23.1 Å². The van der Waals surface area contributed by atoms with Crippen LogP contribution in [0.5, 0.6) is 0 Å². The lowest BCUT2D eigenvalue weighted by atomic mass is 10.1. The molecule has 0 aliphatic carbocycles. The number of hydrogen-bond donors (Lipinski definition) is 2. The minimum Gasteiger partial charge on any atom is -0.362 e. The van der Waals surface area contributed by atoms with Gasteiger partial charge < -0.3 is 19.3 Å². The van der Waals surface area contributed by atoms with Gasteiger partial charge in [0.15, 0.2) is 5.78 Å². The summed E-state index contributed by atoms with van der Waals surface area (Å²) in [6.45, 7) is 3.44. The van der Waals surface area contributed by atoms with E-state index in [0.29, 0.717) is 10.9 Å². The highest BCUT2D eigenvalue weighted by Crippen LogP contribution is 2.60. The molecular formula is C20H22N3O6P. The number of aromatic nitrogens is 1. The lowest BCUT2D eigenvalue weighted by Gasteiger charge is -2.27. The van der Waals surface area contributed by atoms with Gasteiger partial charge in [0.2, 0.25) is 0 Å². The Morgan fingerprint density at radius 1 is 1.10 bits per heavy atom. The predicted molar refractivity (Wildman–Crippen MR) is 115 cm³/mol. The minimum absolute atomic E-state index is 0.0673. The number of pyridine rings is 1. The minimum atomic E-state index is -3.93. The number of para-hydroxylation sites is 3. The normalized spacial score (nSPS) is 12.6. The van der Waals surface area contributed by atoms with Crippen molar-refractivity contribution in [1.29, 1.82) is 0 Å². The van der Waals surface area contributed by atoms with Gasteiger partial charge in [-0.15, -0.1) is 0 Å². The second-order valence-electron chi connectivity index (χ2n) is 6.34. The van der Waals surface area contributed by atoms with Crippen LogP contribution in [0.2, 0.25) is 0 Å². The van der Waals surface area contributed by atoms with Crippen molar-refractivity contribution in [2.45, 2.75) is 19.6 Å². The zero-order valence-electron chi connectivity index (χ0n) is 16.5. The van der Waals surface area contributed by atoms with Crippen molar-refractivity contribution < 1.29 is 18.5 Å². The van der Waals surface area contributed by atoms with Crippen LogP contribution in [0.4, 0.5) is 11.4 Å². The van der Waals surface area contributed by atoms with Crippen molar-refractivity contribution in [1.82, 2.24) is 4.98 Å². The van der Waals surface area contributed by atoms with Crippen LogP contribution >= 0.6 is 7.60 Å². The molecule has 1 atom stereocenters. The summed E-state index contributed by atoms with van der Waals surface area (Å²) in [4.78, 5) is 26.5. The van der Waals surface area contributed by atoms with Gasteiger partial charge in [0, 0.05) is 11.6 Å². The average Bonchev–Trinajstić information content (AvgIpc) is 2.72. The molecule has 2 aromatic carbocycles. The quantitative estimate of drug-likeness (QED) is 0.283. The maximum absolute atomic E-state index is 13.7. The van der Waals surface area contributed by atoms with Gasteiger partial charge in [-0.05, 0) is 37.4 Å². The Balaban J connectivity index is 2.21. The number of benzene rings is 2. The van der Waals surface area contributed by atoms with E-state index in [-0.39, 0.29) is 30.2 Å². The van der Waals surface area contributed by atoms with Gasteiger partial charge in [-0.1, -0.05) is 30.3 Å². The van der Waals surface area contributed by atoms with E-state index in [0.717, 1.165) is 0 Å². The molecule has 0 saturated carbocycles. The van der Waals surface area contributed by atoms with E-state index in [1.54, 1.807) is 50.2 Å². The molecular weight excluding hydrogens is 409 g/mol. The van der Waals surface area contributed by atoms with E-state index >= 15 is 0 Å². The molecule has 0 fully saturated rings. The summed E-state index contributed by atoms with van der Waals surface area (Å²) < 4.78 is 24.6. The summed E-state index contributed by atoms with van der Waals surface area (Å²) in [6, 6.07) is 14.6. The van der Waals surface area contributed by atoms with Gasteiger partial charge in [-0.3, -0.25) is 19.5 Å². The maximum Gasteiger partial charge on any atom is 0.357 e. The number of rotatable bonds is 9.